The largest absolute Gasteiger partial charge is 0.326 e. The summed E-state index contributed by atoms with van der Waals surface area (Å²) >= 11 is 11.6. The number of nitro benzene ring substituents is 1. The average molecular weight is 395 g/mol. The molecule has 10 heteroatoms. The number of carbonyl (C=O) groups is 2. The van der Waals surface area contributed by atoms with Crippen LogP contribution >= 0.6 is 23.2 Å². The predicted octanol–water partition coefficient (Wildman–Crippen LogP) is 3.38. The number of rotatable bonds is 6. The van der Waals surface area contributed by atoms with Crippen LogP contribution in [0.25, 0.3) is 0 Å². The van der Waals surface area contributed by atoms with Gasteiger partial charge in [0, 0.05) is 17.8 Å². The molecule has 0 radical (unpaired) electrons. The number of nitrogens with one attached hydrogen (secondary N) is 2. The number of hydrogen-bond donors (Lipinski definition) is 2. The van der Waals surface area contributed by atoms with Gasteiger partial charge in [0.1, 0.15) is 6.42 Å². The second-order valence-electron chi connectivity index (χ2n) is 5.00. The Bertz CT molecular complexity index is 869. The zero-order valence-corrected chi connectivity index (χ0v) is 14.6. The van der Waals surface area contributed by atoms with Crippen molar-refractivity contribution in [3.63, 3.8) is 0 Å². The van der Waals surface area contributed by atoms with Crippen molar-refractivity contribution in [1.82, 2.24) is 5.43 Å². The Kier molecular flexibility index (Phi) is 6.65. The van der Waals surface area contributed by atoms with Crippen molar-refractivity contribution < 1.29 is 14.5 Å². The van der Waals surface area contributed by atoms with Crippen molar-refractivity contribution in [3.8, 4) is 0 Å². The van der Waals surface area contributed by atoms with E-state index in [1.807, 2.05) is 0 Å². The van der Waals surface area contributed by atoms with Crippen molar-refractivity contribution in [2.45, 2.75) is 6.42 Å². The first-order valence-corrected chi connectivity index (χ1v) is 7.92. The van der Waals surface area contributed by atoms with Crippen molar-refractivity contribution in [2.24, 2.45) is 5.10 Å². The summed E-state index contributed by atoms with van der Waals surface area (Å²) in [6, 6.07) is 10.1. The number of benzene rings is 2. The monoisotopic (exact) mass is 394 g/mol. The summed E-state index contributed by atoms with van der Waals surface area (Å²) in [5.74, 6) is -1.17. The Balaban J connectivity index is 1.82. The summed E-state index contributed by atoms with van der Waals surface area (Å²) in [5.41, 5.74) is 3.10. The van der Waals surface area contributed by atoms with Crippen LogP contribution in [0, 0.1) is 10.1 Å². The third-order valence-electron chi connectivity index (χ3n) is 3.03. The van der Waals surface area contributed by atoms with E-state index in [0.717, 1.165) is 0 Å². The van der Waals surface area contributed by atoms with Gasteiger partial charge in [-0.3, -0.25) is 19.7 Å². The Morgan fingerprint density at radius 1 is 1.08 bits per heavy atom. The third-order valence-corrected chi connectivity index (χ3v) is 3.77. The van der Waals surface area contributed by atoms with Crippen molar-refractivity contribution in [3.05, 3.63) is 68.2 Å². The number of carbonyl (C=O) groups excluding carboxylic acids is 2. The number of nitrogens with zero attached hydrogens (tertiary/aromatic N) is 2. The van der Waals surface area contributed by atoms with Gasteiger partial charge in [0.25, 0.3) is 5.69 Å². The minimum absolute atomic E-state index is 0.0508. The molecule has 0 aliphatic rings. The van der Waals surface area contributed by atoms with Crippen LogP contribution in [-0.4, -0.2) is 23.0 Å². The second-order valence-corrected chi connectivity index (χ2v) is 5.81. The van der Waals surface area contributed by atoms with E-state index in [2.05, 4.69) is 15.8 Å². The van der Waals surface area contributed by atoms with Crippen LogP contribution in [-0.2, 0) is 9.59 Å². The molecule has 0 spiro atoms. The Hall–Kier alpha value is -2.97. The van der Waals surface area contributed by atoms with E-state index in [-0.39, 0.29) is 10.7 Å². The molecule has 2 amide bonds. The number of hydrazone groups is 1. The van der Waals surface area contributed by atoms with Gasteiger partial charge in [0.05, 0.1) is 21.2 Å². The molecule has 26 heavy (non-hydrogen) atoms. The molecule has 2 aromatic carbocycles. The Labute approximate surface area is 157 Å². The van der Waals surface area contributed by atoms with Crippen LogP contribution in [0.15, 0.2) is 47.6 Å². The van der Waals surface area contributed by atoms with Crippen LogP contribution in [0.4, 0.5) is 11.4 Å². The molecule has 0 saturated heterocycles. The van der Waals surface area contributed by atoms with Crippen molar-refractivity contribution >= 4 is 52.6 Å². The summed E-state index contributed by atoms with van der Waals surface area (Å²) < 4.78 is 0. The van der Waals surface area contributed by atoms with Crippen molar-refractivity contribution in [2.75, 3.05) is 5.32 Å². The molecule has 2 aromatic rings. The number of anilines is 1. The highest BCUT2D eigenvalue weighted by Gasteiger charge is 2.10. The van der Waals surface area contributed by atoms with Gasteiger partial charge >= 0.3 is 0 Å². The number of non-ortho nitro benzene ring substituents is 1. The standard InChI is InChI=1S/C16H12Cl2N4O4/c17-13-6-3-11(7-14(13)18)20-15(23)8-16(24)21-19-9-10-1-4-12(5-2-10)22(25)26/h1-7,9H,8H2,(H,20,23)(H,21,24). The predicted molar refractivity (Wildman–Crippen MR) is 98.5 cm³/mol. The summed E-state index contributed by atoms with van der Waals surface area (Å²) in [4.78, 5) is 33.5. The van der Waals surface area contributed by atoms with Gasteiger partial charge < -0.3 is 5.32 Å². The van der Waals surface area contributed by atoms with Crippen LogP contribution in [0.2, 0.25) is 10.0 Å². The molecule has 0 saturated carbocycles. The average Bonchev–Trinajstić information content (AvgIpc) is 2.58. The zero-order chi connectivity index (χ0) is 19.1. The van der Waals surface area contributed by atoms with E-state index in [0.29, 0.717) is 16.3 Å². The van der Waals surface area contributed by atoms with E-state index < -0.39 is 23.2 Å². The molecule has 0 aliphatic carbocycles. The normalized spacial score (nSPS) is 10.5. The summed E-state index contributed by atoms with van der Waals surface area (Å²) in [7, 11) is 0. The Morgan fingerprint density at radius 3 is 2.38 bits per heavy atom. The van der Waals surface area contributed by atoms with Gasteiger partial charge in [0.2, 0.25) is 11.8 Å². The molecule has 0 aromatic heterocycles. The van der Waals surface area contributed by atoms with Crippen LogP contribution < -0.4 is 10.7 Å². The minimum atomic E-state index is -0.624. The minimum Gasteiger partial charge on any atom is -0.326 e. The molecule has 0 bridgehead atoms. The van der Waals surface area contributed by atoms with Crippen LogP contribution in [0.3, 0.4) is 0 Å². The van der Waals surface area contributed by atoms with E-state index >= 15 is 0 Å². The first-order valence-electron chi connectivity index (χ1n) is 7.16. The highest BCUT2D eigenvalue weighted by atomic mass is 35.5. The van der Waals surface area contributed by atoms with E-state index in [9.17, 15) is 19.7 Å². The first kappa shape index (κ1) is 19.4. The summed E-state index contributed by atoms with van der Waals surface area (Å²) in [5, 5.41) is 17.4. The van der Waals surface area contributed by atoms with E-state index in [1.54, 1.807) is 6.07 Å². The Morgan fingerprint density at radius 2 is 1.77 bits per heavy atom. The maximum atomic E-state index is 11.8. The topological polar surface area (TPSA) is 114 Å². The molecule has 0 atom stereocenters. The summed E-state index contributed by atoms with van der Waals surface area (Å²) in [6.07, 6.45) is 0.857. The molecular formula is C16H12Cl2N4O4. The summed E-state index contributed by atoms with van der Waals surface area (Å²) in [6.45, 7) is 0. The van der Waals surface area contributed by atoms with E-state index in [4.69, 9.17) is 23.2 Å². The van der Waals surface area contributed by atoms with Gasteiger partial charge in [-0.05, 0) is 35.9 Å². The molecular weight excluding hydrogens is 383 g/mol. The quantitative estimate of drug-likeness (QED) is 0.338. The van der Waals surface area contributed by atoms with E-state index in [1.165, 1.54) is 42.6 Å². The highest BCUT2D eigenvalue weighted by Crippen LogP contribution is 2.25. The van der Waals surface area contributed by atoms with Gasteiger partial charge in [-0.2, -0.15) is 5.10 Å². The number of halogens is 2. The zero-order valence-electron chi connectivity index (χ0n) is 13.1. The molecule has 0 aliphatic heterocycles. The first-order chi connectivity index (χ1) is 12.3. The second kappa shape index (κ2) is 8.93. The van der Waals surface area contributed by atoms with Gasteiger partial charge in [0.15, 0.2) is 0 Å². The highest BCUT2D eigenvalue weighted by molar-refractivity contribution is 6.42. The number of hydrogen-bond acceptors (Lipinski definition) is 5. The third kappa shape index (κ3) is 5.83. The molecule has 2 rings (SSSR count). The fraction of sp³-hybridized carbons (Fsp3) is 0.0625. The van der Waals surface area contributed by atoms with Crippen molar-refractivity contribution in [1.29, 1.82) is 0 Å². The SMILES string of the molecule is O=C(CC(=O)Nc1ccc(Cl)c(Cl)c1)NN=Cc1ccc([N+](=O)[O-])cc1. The molecule has 2 N–H and O–H groups in total. The maximum absolute atomic E-state index is 11.8. The molecule has 0 heterocycles. The smallest absolute Gasteiger partial charge is 0.269 e. The van der Waals surface area contributed by atoms with Gasteiger partial charge in [-0.1, -0.05) is 23.2 Å². The molecule has 0 fully saturated rings. The lowest BCUT2D eigenvalue weighted by molar-refractivity contribution is -0.384. The number of amides is 2. The fourth-order valence-electron chi connectivity index (χ4n) is 1.83. The molecule has 0 unspecified atom stereocenters. The van der Waals surface area contributed by atoms with Gasteiger partial charge in [-0.15, -0.1) is 0 Å². The van der Waals surface area contributed by atoms with Crippen LogP contribution in [0.1, 0.15) is 12.0 Å². The van der Waals surface area contributed by atoms with Crippen LogP contribution in [0.5, 0.6) is 0 Å². The molecule has 8 nitrogen and oxygen atoms in total. The lowest BCUT2D eigenvalue weighted by Gasteiger charge is -2.05. The lowest BCUT2D eigenvalue weighted by atomic mass is 10.2. The number of nitro groups is 1. The molecule has 134 valence electrons. The lowest BCUT2D eigenvalue weighted by Crippen LogP contribution is -2.24. The van der Waals surface area contributed by atoms with Gasteiger partial charge in [-0.25, -0.2) is 5.43 Å². The fourth-order valence-corrected chi connectivity index (χ4v) is 2.12. The maximum Gasteiger partial charge on any atom is 0.269 e.